The van der Waals surface area contributed by atoms with E-state index in [1.165, 1.54) is 23.5 Å². The maximum atomic E-state index is 14.0. The molecule has 6 heteroatoms. The average molecular weight is 297 g/mol. The topological polar surface area (TPSA) is 57.6 Å². The van der Waals surface area contributed by atoms with Crippen LogP contribution < -0.4 is 0 Å². The van der Waals surface area contributed by atoms with Gasteiger partial charge in [0.05, 0.1) is 0 Å². The molecule has 1 saturated carbocycles. The number of aliphatic hydroxyl groups excluding tert-OH is 1. The summed E-state index contributed by atoms with van der Waals surface area (Å²) >= 11 is 0. The molecule has 4 nitrogen and oxygen atoms in total. The molecule has 0 atom stereocenters. The van der Waals surface area contributed by atoms with Crippen LogP contribution in [-0.4, -0.2) is 37.5 Å². The first-order valence-electron chi connectivity index (χ1n) is 6.34. The van der Waals surface area contributed by atoms with E-state index in [4.69, 9.17) is 5.11 Å². The lowest BCUT2D eigenvalue weighted by Gasteiger charge is -2.33. The summed E-state index contributed by atoms with van der Waals surface area (Å²) in [6, 6.07) is 3.70. The SMILES string of the molecule is CN(C1CCC1)S(=O)(=O)c1ccc(C#CCO)cc1F. The van der Waals surface area contributed by atoms with Gasteiger partial charge in [0.1, 0.15) is 17.3 Å². The van der Waals surface area contributed by atoms with Crippen LogP contribution in [0.5, 0.6) is 0 Å². The highest BCUT2D eigenvalue weighted by atomic mass is 32.2. The zero-order chi connectivity index (χ0) is 14.8. The third-order valence-corrected chi connectivity index (χ3v) is 5.43. The Morgan fingerprint density at radius 3 is 2.65 bits per heavy atom. The van der Waals surface area contributed by atoms with Gasteiger partial charge in [-0.2, -0.15) is 4.31 Å². The van der Waals surface area contributed by atoms with E-state index >= 15 is 0 Å². The van der Waals surface area contributed by atoms with E-state index in [1.54, 1.807) is 0 Å². The Hall–Kier alpha value is -1.42. The molecule has 1 aliphatic carbocycles. The molecule has 20 heavy (non-hydrogen) atoms. The van der Waals surface area contributed by atoms with Crippen LogP contribution in [0.1, 0.15) is 24.8 Å². The molecule has 2 rings (SSSR count). The van der Waals surface area contributed by atoms with Crippen molar-refractivity contribution in [3.8, 4) is 11.8 Å². The molecule has 1 N–H and O–H groups in total. The van der Waals surface area contributed by atoms with Gasteiger partial charge in [0, 0.05) is 18.7 Å². The minimum absolute atomic E-state index is 0.0340. The number of benzene rings is 1. The van der Waals surface area contributed by atoms with E-state index in [9.17, 15) is 12.8 Å². The van der Waals surface area contributed by atoms with Crippen LogP contribution in [0.3, 0.4) is 0 Å². The molecule has 0 saturated heterocycles. The first kappa shape index (κ1) is 15.0. The summed E-state index contributed by atoms with van der Waals surface area (Å²) in [4.78, 5) is -0.332. The van der Waals surface area contributed by atoms with Gasteiger partial charge in [-0.25, -0.2) is 12.8 Å². The van der Waals surface area contributed by atoms with Crippen molar-refractivity contribution in [2.24, 2.45) is 0 Å². The van der Waals surface area contributed by atoms with Crippen molar-refractivity contribution in [2.45, 2.75) is 30.2 Å². The highest BCUT2D eigenvalue weighted by Gasteiger charge is 2.33. The van der Waals surface area contributed by atoms with Gasteiger partial charge in [-0.1, -0.05) is 18.3 Å². The van der Waals surface area contributed by atoms with E-state index in [-0.39, 0.29) is 17.5 Å². The average Bonchev–Trinajstić information content (AvgIpc) is 2.34. The molecule has 0 radical (unpaired) electrons. The van der Waals surface area contributed by atoms with Gasteiger partial charge < -0.3 is 5.11 Å². The minimum Gasteiger partial charge on any atom is -0.384 e. The fourth-order valence-electron chi connectivity index (χ4n) is 2.03. The van der Waals surface area contributed by atoms with Gasteiger partial charge in [0.25, 0.3) is 0 Å². The molecule has 1 aliphatic rings. The van der Waals surface area contributed by atoms with Crippen molar-refractivity contribution in [3.63, 3.8) is 0 Å². The molecule has 0 unspecified atom stereocenters. The smallest absolute Gasteiger partial charge is 0.245 e. The van der Waals surface area contributed by atoms with Crippen molar-refractivity contribution in [1.82, 2.24) is 4.31 Å². The van der Waals surface area contributed by atoms with Crippen LogP contribution >= 0.6 is 0 Å². The fourth-order valence-corrected chi connectivity index (χ4v) is 3.49. The third kappa shape index (κ3) is 2.85. The lowest BCUT2D eigenvalue weighted by molar-refractivity contribution is 0.249. The Labute approximate surface area is 118 Å². The first-order chi connectivity index (χ1) is 9.46. The molecule has 0 heterocycles. The molecule has 1 aromatic rings. The fraction of sp³-hybridized carbons (Fsp3) is 0.429. The number of hydrogen-bond acceptors (Lipinski definition) is 3. The van der Waals surface area contributed by atoms with Gasteiger partial charge in [-0.15, -0.1) is 0 Å². The number of sulfonamides is 1. The summed E-state index contributed by atoms with van der Waals surface area (Å²) in [5.41, 5.74) is 0.335. The number of rotatable bonds is 3. The molecule has 0 aromatic heterocycles. The van der Waals surface area contributed by atoms with Gasteiger partial charge in [0.15, 0.2) is 0 Å². The number of hydrogen-bond donors (Lipinski definition) is 1. The van der Waals surface area contributed by atoms with Gasteiger partial charge in [-0.05, 0) is 31.0 Å². The van der Waals surface area contributed by atoms with E-state index in [1.807, 2.05) is 0 Å². The second kappa shape index (κ2) is 5.92. The number of aliphatic hydroxyl groups is 1. The molecule has 1 aromatic carbocycles. The number of halogens is 1. The van der Waals surface area contributed by atoms with Crippen LogP contribution in [0.2, 0.25) is 0 Å². The maximum Gasteiger partial charge on any atom is 0.245 e. The molecule has 0 amide bonds. The van der Waals surface area contributed by atoms with Crippen molar-refractivity contribution in [3.05, 3.63) is 29.6 Å². The summed E-state index contributed by atoms with van der Waals surface area (Å²) in [5.74, 6) is 4.11. The largest absolute Gasteiger partial charge is 0.384 e. The van der Waals surface area contributed by atoms with E-state index < -0.39 is 15.8 Å². The second-order valence-corrected chi connectivity index (χ2v) is 6.68. The van der Waals surface area contributed by atoms with Crippen LogP contribution in [0, 0.1) is 17.7 Å². The molecule has 108 valence electrons. The third-order valence-electron chi connectivity index (χ3n) is 3.49. The normalized spacial score (nSPS) is 15.6. The predicted octanol–water partition coefficient (Wildman–Crippen LogP) is 1.34. The van der Waals surface area contributed by atoms with Crippen LogP contribution in [0.25, 0.3) is 0 Å². The molecular weight excluding hydrogens is 281 g/mol. The summed E-state index contributed by atoms with van der Waals surface area (Å²) in [7, 11) is -2.32. The van der Waals surface area contributed by atoms with Crippen LogP contribution in [-0.2, 0) is 10.0 Å². The first-order valence-corrected chi connectivity index (χ1v) is 7.78. The van der Waals surface area contributed by atoms with Crippen molar-refractivity contribution >= 4 is 10.0 Å². The molecule has 0 bridgehead atoms. The molecule has 0 spiro atoms. The molecule has 0 aliphatic heterocycles. The standard InChI is InChI=1S/C14H16FNO3S/c1-16(12-5-2-6-12)20(18,19)14-8-7-11(4-3-9-17)10-13(14)15/h7-8,10,12,17H,2,5-6,9H2,1H3. The van der Waals surface area contributed by atoms with Crippen molar-refractivity contribution in [2.75, 3.05) is 13.7 Å². The van der Waals surface area contributed by atoms with Crippen LogP contribution in [0.15, 0.2) is 23.1 Å². The maximum absolute atomic E-state index is 14.0. The van der Waals surface area contributed by atoms with E-state index in [2.05, 4.69) is 11.8 Å². The summed E-state index contributed by atoms with van der Waals surface area (Å²) < 4.78 is 39.9. The highest BCUT2D eigenvalue weighted by Crippen LogP contribution is 2.29. The Morgan fingerprint density at radius 1 is 1.45 bits per heavy atom. The Balaban J connectivity index is 2.32. The van der Waals surface area contributed by atoms with E-state index in [0.717, 1.165) is 25.3 Å². The zero-order valence-electron chi connectivity index (χ0n) is 11.1. The Kier molecular flexibility index (Phi) is 4.43. The number of nitrogens with zero attached hydrogens (tertiary/aromatic N) is 1. The lowest BCUT2D eigenvalue weighted by atomic mass is 9.94. The molecule has 1 fully saturated rings. The van der Waals surface area contributed by atoms with Gasteiger partial charge in [0.2, 0.25) is 10.0 Å². The summed E-state index contributed by atoms with van der Waals surface area (Å²) in [5, 5.41) is 8.58. The Morgan fingerprint density at radius 2 is 2.15 bits per heavy atom. The Bertz CT molecular complexity index is 657. The van der Waals surface area contributed by atoms with Gasteiger partial charge >= 0.3 is 0 Å². The highest BCUT2D eigenvalue weighted by molar-refractivity contribution is 7.89. The van der Waals surface area contributed by atoms with E-state index in [0.29, 0.717) is 5.56 Å². The zero-order valence-corrected chi connectivity index (χ0v) is 12.0. The van der Waals surface area contributed by atoms with Crippen molar-refractivity contribution in [1.29, 1.82) is 0 Å². The van der Waals surface area contributed by atoms with Crippen LogP contribution in [0.4, 0.5) is 4.39 Å². The predicted molar refractivity (Wildman–Crippen MR) is 73.0 cm³/mol. The monoisotopic (exact) mass is 297 g/mol. The summed E-state index contributed by atoms with van der Waals surface area (Å²) in [6.45, 7) is -0.327. The lowest BCUT2D eigenvalue weighted by Crippen LogP contribution is -2.41. The quantitative estimate of drug-likeness (QED) is 0.857. The summed E-state index contributed by atoms with van der Waals surface area (Å²) in [6.07, 6.45) is 2.64. The van der Waals surface area contributed by atoms with Gasteiger partial charge in [-0.3, -0.25) is 0 Å². The minimum atomic E-state index is -3.81. The second-order valence-electron chi connectivity index (χ2n) is 4.71. The molecular formula is C14H16FNO3S. The van der Waals surface area contributed by atoms with Crippen molar-refractivity contribution < 1.29 is 17.9 Å².